The van der Waals surface area contributed by atoms with Gasteiger partial charge in [-0.2, -0.15) is 13.2 Å². The maximum absolute atomic E-state index is 14.9. The molecule has 1 atom stereocenters. The van der Waals surface area contributed by atoms with Gasteiger partial charge in [0.1, 0.15) is 10.7 Å². The number of rotatable bonds is 7. The minimum atomic E-state index is -5.08. The van der Waals surface area contributed by atoms with Crippen LogP contribution in [0.15, 0.2) is 52.3 Å². The monoisotopic (exact) mass is 575 g/mol. The summed E-state index contributed by atoms with van der Waals surface area (Å²) in [4.78, 5) is 21.2. The summed E-state index contributed by atoms with van der Waals surface area (Å²) in [5, 5.41) is 8.68. The first kappa shape index (κ1) is 29.3. The van der Waals surface area contributed by atoms with Crippen LogP contribution in [0.3, 0.4) is 0 Å². The highest BCUT2D eigenvalue weighted by Gasteiger charge is 2.38. The lowest BCUT2D eigenvalue weighted by Crippen LogP contribution is -2.35. The van der Waals surface area contributed by atoms with Gasteiger partial charge >= 0.3 is 12.1 Å². The zero-order chi connectivity index (χ0) is 28.1. The molecular formula is C23H25F4N5O4S2. The largest absolute Gasteiger partial charge is 0.490 e. The number of aromatic nitrogens is 2. The molecule has 2 N–H and O–H groups in total. The van der Waals surface area contributed by atoms with Gasteiger partial charge in [0, 0.05) is 50.0 Å². The number of carbonyl (C=O) groups is 1. The van der Waals surface area contributed by atoms with Crippen molar-refractivity contribution in [3.63, 3.8) is 0 Å². The van der Waals surface area contributed by atoms with Crippen LogP contribution in [0.1, 0.15) is 17.7 Å². The Morgan fingerprint density at radius 2 is 2.00 bits per heavy atom. The van der Waals surface area contributed by atoms with E-state index in [-0.39, 0.29) is 16.8 Å². The zero-order valence-corrected chi connectivity index (χ0v) is 21.9. The molecule has 2 aromatic heterocycles. The second kappa shape index (κ2) is 12.0. The van der Waals surface area contributed by atoms with Crippen LogP contribution in [0.2, 0.25) is 0 Å². The number of likely N-dealkylation sites (tertiary alicyclic amines) is 1. The van der Waals surface area contributed by atoms with Crippen LogP contribution in [0.4, 0.5) is 29.1 Å². The normalized spacial score (nSPS) is 16.0. The number of halogens is 4. The van der Waals surface area contributed by atoms with Crippen molar-refractivity contribution in [1.82, 2.24) is 14.9 Å². The number of aryl methyl sites for hydroxylation is 1. The number of hydrogen-bond acceptors (Lipinski definition) is 8. The molecule has 206 valence electrons. The van der Waals surface area contributed by atoms with E-state index in [4.69, 9.17) is 9.90 Å². The molecular weight excluding hydrogens is 550 g/mol. The molecule has 1 aliphatic rings. The van der Waals surface area contributed by atoms with E-state index in [0.717, 1.165) is 31.7 Å². The van der Waals surface area contributed by atoms with Gasteiger partial charge in [0.25, 0.3) is 10.0 Å². The SMILES string of the molecule is Cc1cc(S(=O)(=O)Nc2cscn2)c(F)cc1N(C)[C@H]1CCN(Cc2ccccn2)C1.O=C(O)C(F)(F)F. The highest BCUT2D eigenvalue weighted by atomic mass is 32.2. The average Bonchev–Trinajstić information content (AvgIpc) is 3.52. The molecule has 4 rings (SSSR count). The molecule has 38 heavy (non-hydrogen) atoms. The Hall–Kier alpha value is -3.30. The molecule has 3 heterocycles. The predicted molar refractivity (Wildman–Crippen MR) is 134 cm³/mol. The molecule has 9 nitrogen and oxygen atoms in total. The lowest BCUT2D eigenvalue weighted by atomic mass is 10.1. The Labute approximate surface area is 220 Å². The number of carboxylic acid groups (broad SMARTS) is 1. The highest BCUT2D eigenvalue weighted by molar-refractivity contribution is 7.92. The fourth-order valence-corrected chi connectivity index (χ4v) is 5.58. The van der Waals surface area contributed by atoms with E-state index < -0.39 is 28.0 Å². The van der Waals surface area contributed by atoms with E-state index in [9.17, 15) is 26.0 Å². The summed E-state index contributed by atoms with van der Waals surface area (Å²) in [6, 6.07) is 8.79. The number of thiazole rings is 1. The minimum Gasteiger partial charge on any atom is -0.475 e. The van der Waals surface area contributed by atoms with Crippen molar-refractivity contribution in [2.45, 2.75) is 37.0 Å². The summed E-state index contributed by atoms with van der Waals surface area (Å²) < 4.78 is 74.2. The topological polar surface area (TPSA) is 116 Å². The van der Waals surface area contributed by atoms with Crippen LogP contribution in [0.25, 0.3) is 0 Å². The van der Waals surface area contributed by atoms with E-state index in [0.29, 0.717) is 11.3 Å². The molecule has 0 aliphatic carbocycles. The molecule has 0 saturated carbocycles. The summed E-state index contributed by atoms with van der Waals surface area (Å²) in [6.45, 7) is 4.34. The molecule has 1 aliphatic heterocycles. The number of anilines is 2. The molecule has 0 amide bonds. The van der Waals surface area contributed by atoms with E-state index >= 15 is 0 Å². The molecule has 0 spiro atoms. The van der Waals surface area contributed by atoms with Crippen molar-refractivity contribution in [2.75, 3.05) is 29.8 Å². The number of aliphatic carboxylic acids is 1. The third-order valence-corrected chi connectivity index (χ3v) is 7.70. The van der Waals surface area contributed by atoms with Crippen LogP contribution < -0.4 is 9.62 Å². The molecule has 0 radical (unpaired) electrons. The second-order valence-electron chi connectivity index (χ2n) is 8.46. The Bertz CT molecular complexity index is 1340. The van der Waals surface area contributed by atoms with Gasteiger partial charge in [-0.05, 0) is 43.2 Å². The number of likely N-dealkylation sites (N-methyl/N-ethyl adjacent to an activating group) is 1. The second-order valence-corrected chi connectivity index (χ2v) is 10.8. The third kappa shape index (κ3) is 7.61. The first-order valence-corrected chi connectivity index (χ1v) is 13.6. The van der Waals surface area contributed by atoms with Crippen molar-refractivity contribution >= 4 is 38.8 Å². The first-order chi connectivity index (χ1) is 17.8. The molecule has 0 bridgehead atoms. The van der Waals surface area contributed by atoms with Crippen LogP contribution in [0, 0.1) is 12.7 Å². The lowest BCUT2D eigenvalue weighted by molar-refractivity contribution is -0.192. The van der Waals surface area contributed by atoms with Gasteiger partial charge in [0.05, 0.1) is 11.2 Å². The van der Waals surface area contributed by atoms with Gasteiger partial charge in [-0.15, -0.1) is 11.3 Å². The molecule has 1 saturated heterocycles. The van der Waals surface area contributed by atoms with Crippen LogP contribution in [-0.2, 0) is 21.4 Å². The number of benzene rings is 1. The van der Waals surface area contributed by atoms with Crippen molar-refractivity contribution in [3.8, 4) is 0 Å². The Morgan fingerprint density at radius 1 is 1.29 bits per heavy atom. The van der Waals surface area contributed by atoms with Crippen LogP contribution >= 0.6 is 11.3 Å². The number of sulfonamides is 1. The van der Waals surface area contributed by atoms with Crippen molar-refractivity contribution in [2.24, 2.45) is 0 Å². The summed E-state index contributed by atoms with van der Waals surface area (Å²) >= 11 is 1.26. The van der Waals surface area contributed by atoms with Crippen LogP contribution in [-0.4, -0.2) is 66.7 Å². The summed E-state index contributed by atoms with van der Waals surface area (Å²) in [5.74, 6) is -3.35. The van der Waals surface area contributed by atoms with Gasteiger partial charge in [-0.1, -0.05) is 6.07 Å². The van der Waals surface area contributed by atoms with Crippen LogP contribution in [0.5, 0.6) is 0 Å². The Kier molecular flexibility index (Phi) is 9.27. The molecule has 15 heteroatoms. The van der Waals surface area contributed by atoms with E-state index in [1.54, 1.807) is 18.5 Å². The van der Waals surface area contributed by atoms with Gasteiger partial charge in [0.2, 0.25) is 0 Å². The fraction of sp³-hybridized carbons (Fsp3) is 0.348. The number of pyridine rings is 1. The van der Waals surface area contributed by atoms with Crippen molar-refractivity contribution in [1.29, 1.82) is 0 Å². The Morgan fingerprint density at radius 3 is 2.58 bits per heavy atom. The number of nitrogens with one attached hydrogen (secondary N) is 1. The van der Waals surface area contributed by atoms with Crippen molar-refractivity contribution in [3.05, 3.63) is 64.5 Å². The summed E-state index contributed by atoms with van der Waals surface area (Å²) in [6.07, 6.45) is -2.35. The summed E-state index contributed by atoms with van der Waals surface area (Å²) in [5.41, 5.74) is 3.92. The smallest absolute Gasteiger partial charge is 0.475 e. The van der Waals surface area contributed by atoms with Gasteiger partial charge in [-0.3, -0.25) is 14.6 Å². The molecule has 1 fully saturated rings. The van der Waals surface area contributed by atoms with Crippen molar-refractivity contribution < 1.29 is 35.9 Å². The zero-order valence-electron chi connectivity index (χ0n) is 20.3. The number of nitrogens with zero attached hydrogens (tertiary/aromatic N) is 4. The molecule has 1 aromatic carbocycles. The average molecular weight is 576 g/mol. The van der Waals surface area contributed by atoms with E-state index in [2.05, 4.69) is 19.6 Å². The fourth-order valence-electron chi connectivity index (χ4n) is 3.88. The third-order valence-electron chi connectivity index (χ3n) is 5.74. The number of alkyl halides is 3. The van der Waals surface area contributed by atoms with Gasteiger partial charge in [-0.25, -0.2) is 22.6 Å². The number of hydrogen-bond donors (Lipinski definition) is 2. The quantitative estimate of drug-likeness (QED) is 0.404. The molecule has 0 unspecified atom stereocenters. The first-order valence-electron chi connectivity index (χ1n) is 11.1. The Balaban J connectivity index is 0.000000505. The van der Waals surface area contributed by atoms with Gasteiger partial charge < -0.3 is 10.0 Å². The number of carboxylic acids is 1. The maximum Gasteiger partial charge on any atom is 0.490 e. The van der Waals surface area contributed by atoms with Gasteiger partial charge in [0.15, 0.2) is 5.82 Å². The lowest BCUT2D eigenvalue weighted by Gasteiger charge is -2.29. The minimum absolute atomic E-state index is 0.183. The highest BCUT2D eigenvalue weighted by Crippen LogP contribution is 2.30. The molecule has 3 aromatic rings. The van der Waals surface area contributed by atoms with E-state index in [1.807, 2.05) is 30.1 Å². The predicted octanol–water partition coefficient (Wildman–Crippen LogP) is 4.13. The standard InChI is InChI=1S/C21H24FN5O2S2.C2HF3O2/c1-15-9-20(31(28,29)25-21-13-30-14-24-21)18(22)10-19(15)26(2)17-6-8-27(12-17)11-16-5-3-4-7-23-16;3-2(4,5)1(6)7/h3-5,7,9-10,13-14,17,25H,6,8,11-12H2,1-2H3;(H,6,7)/t17-;/m0./s1. The van der Waals surface area contributed by atoms with E-state index in [1.165, 1.54) is 29.0 Å². The summed E-state index contributed by atoms with van der Waals surface area (Å²) in [7, 11) is -2.13. The maximum atomic E-state index is 14.9.